The van der Waals surface area contributed by atoms with Gasteiger partial charge in [-0.25, -0.2) is 0 Å². The van der Waals surface area contributed by atoms with Crippen LogP contribution in [0.4, 0.5) is 11.4 Å². The van der Waals surface area contributed by atoms with E-state index in [1.54, 1.807) is 20.1 Å². The van der Waals surface area contributed by atoms with Crippen LogP contribution < -0.4 is 15.8 Å². The molecule has 1 aromatic carbocycles. The lowest BCUT2D eigenvalue weighted by Crippen LogP contribution is -2.17. The first-order valence-electron chi connectivity index (χ1n) is 6.16. The molecule has 0 aliphatic heterocycles. The highest BCUT2D eigenvalue weighted by Gasteiger charge is 2.17. The van der Waals surface area contributed by atoms with E-state index in [2.05, 4.69) is 5.32 Å². The Balaban J connectivity index is 2.36. The molecule has 0 unspecified atom stereocenters. The number of methoxy groups -OCH3 is 1. The zero-order valence-electron chi connectivity index (χ0n) is 11.7. The Bertz CT molecular complexity index is 657. The van der Waals surface area contributed by atoms with Crippen molar-refractivity contribution in [2.24, 2.45) is 0 Å². The number of rotatable bonds is 3. The van der Waals surface area contributed by atoms with Crippen molar-refractivity contribution in [1.82, 2.24) is 0 Å². The van der Waals surface area contributed by atoms with Gasteiger partial charge in [-0.2, -0.15) is 0 Å². The molecule has 1 aliphatic carbocycles. The predicted octanol–water partition coefficient (Wildman–Crippen LogP) is 2.43. The van der Waals surface area contributed by atoms with Gasteiger partial charge >= 0.3 is 0 Å². The highest BCUT2D eigenvalue weighted by atomic mass is 16.5. The minimum atomic E-state index is -0.157. The number of allylic oxidation sites excluding steroid dienone is 3. The van der Waals surface area contributed by atoms with Crippen LogP contribution >= 0.6 is 0 Å². The number of hydrogen-bond acceptors (Lipinski definition) is 5. The topological polar surface area (TPSA) is 88.2 Å². The third kappa shape index (κ3) is 2.56. The molecule has 5 nitrogen and oxygen atoms in total. The van der Waals surface area contributed by atoms with Crippen LogP contribution in [-0.2, 0) is 4.79 Å². The monoisotopic (exact) mass is 271 g/mol. The van der Waals surface area contributed by atoms with Crippen molar-refractivity contribution in [3.05, 3.63) is 41.1 Å². The van der Waals surface area contributed by atoms with Crippen LogP contribution in [0, 0.1) is 12.3 Å². The molecule has 0 amide bonds. The highest BCUT2D eigenvalue weighted by Crippen LogP contribution is 2.31. The van der Waals surface area contributed by atoms with Crippen molar-refractivity contribution in [2.75, 3.05) is 18.2 Å². The molecule has 1 aromatic rings. The van der Waals surface area contributed by atoms with Crippen LogP contribution in [0.3, 0.4) is 0 Å². The number of carbonyl (C=O) groups is 1. The van der Waals surface area contributed by atoms with Gasteiger partial charge in [0.15, 0.2) is 0 Å². The van der Waals surface area contributed by atoms with Crippen molar-refractivity contribution in [2.45, 2.75) is 13.8 Å². The second kappa shape index (κ2) is 5.21. The van der Waals surface area contributed by atoms with Gasteiger partial charge in [-0.15, -0.1) is 0 Å². The maximum atomic E-state index is 11.9. The third-order valence-corrected chi connectivity index (χ3v) is 3.18. The van der Waals surface area contributed by atoms with Crippen LogP contribution in [-0.4, -0.2) is 18.6 Å². The average molecular weight is 271 g/mol. The van der Waals surface area contributed by atoms with Crippen LogP contribution in [0.15, 0.2) is 35.6 Å². The lowest BCUT2D eigenvalue weighted by atomic mass is 10.0. The molecule has 0 radical (unpaired) electrons. The smallest absolute Gasteiger partial charge is 0.202 e. The quantitative estimate of drug-likeness (QED) is 0.582. The molecule has 0 bridgehead atoms. The van der Waals surface area contributed by atoms with Gasteiger partial charge in [0.05, 0.1) is 24.2 Å². The maximum Gasteiger partial charge on any atom is 0.202 e. The second-order valence-electron chi connectivity index (χ2n) is 4.70. The molecule has 0 fully saturated rings. The molecule has 5 heteroatoms. The molecule has 104 valence electrons. The van der Waals surface area contributed by atoms with Crippen LogP contribution in [0.25, 0.3) is 0 Å². The number of aryl methyl sites for hydroxylation is 1. The van der Waals surface area contributed by atoms with E-state index in [1.165, 1.54) is 12.2 Å². The summed E-state index contributed by atoms with van der Waals surface area (Å²) >= 11 is 0. The fraction of sp³-hybridized carbons (Fsp3) is 0.200. The summed E-state index contributed by atoms with van der Waals surface area (Å²) in [5, 5.41) is 10.8. The van der Waals surface area contributed by atoms with E-state index < -0.39 is 0 Å². The minimum Gasteiger partial charge on any atom is -0.494 e. The Morgan fingerprint density at radius 1 is 1.25 bits per heavy atom. The van der Waals surface area contributed by atoms with Crippen LogP contribution in [0.5, 0.6) is 5.75 Å². The Morgan fingerprint density at radius 3 is 2.60 bits per heavy atom. The average Bonchev–Trinajstić information content (AvgIpc) is 2.39. The number of nitrogen functional groups attached to an aromatic ring is 1. The number of ketones is 1. The molecule has 0 saturated heterocycles. The number of anilines is 2. The highest BCUT2D eigenvalue weighted by molar-refractivity contribution is 6.21. The predicted molar refractivity (Wildman–Crippen MR) is 80.3 cm³/mol. The van der Waals surface area contributed by atoms with Gasteiger partial charge in [-0.3, -0.25) is 4.79 Å². The third-order valence-electron chi connectivity index (χ3n) is 3.18. The van der Waals surface area contributed by atoms with Crippen molar-refractivity contribution in [1.29, 1.82) is 5.41 Å². The summed E-state index contributed by atoms with van der Waals surface area (Å²) in [6.45, 7) is 3.62. The molecule has 0 spiro atoms. The summed E-state index contributed by atoms with van der Waals surface area (Å²) in [7, 11) is 1.54. The maximum absolute atomic E-state index is 11.9. The van der Waals surface area contributed by atoms with E-state index in [0.29, 0.717) is 34.1 Å². The molecule has 2 rings (SSSR count). The largest absolute Gasteiger partial charge is 0.494 e. The first kappa shape index (κ1) is 13.9. The Hall–Kier alpha value is -2.56. The Labute approximate surface area is 117 Å². The molecule has 0 saturated carbocycles. The summed E-state index contributed by atoms with van der Waals surface area (Å²) in [4.78, 5) is 11.9. The summed E-state index contributed by atoms with van der Waals surface area (Å²) in [6.07, 6.45) is 2.96. The Kier molecular flexibility index (Phi) is 3.61. The lowest BCUT2D eigenvalue weighted by Gasteiger charge is -2.17. The van der Waals surface area contributed by atoms with Crippen molar-refractivity contribution in [3.8, 4) is 5.75 Å². The summed E-state index contributed by atoms with van der Waals surface area (Å²) < 4.78 is 5.26. The molecule has 1 aliphatic rings. The number of hydrogen-bond donors (Lipinski definition) is 3. The fourth-order valence-electron chi connectivity index (χ4n) is 1.89. The minimum absolute atomic E-state index is 0.157. The summed E-state index contributed by atoms with van der Waals surface area (Å²) in [5.74, 6) is 0.398. The van der Waals surface area contributed by atoms with E-state index in [4.69, 9.17) is 15.9 Å². The molecule has 0 heterocycles. The molecule has 0 atom stereocenters. The van der Waals surface area contributed by atoms with Crippen molar-refractivity contribution >= 4 is 22.9 Å². The SMILES string of the molecule is COc1cc(N)c(C)cc1NC1=CC(=N)C(C)=CC1=O. The molecular formula is C15H17N3O2. The first-order valence-corrected chi connectivity index (χ1v) is 6.16. The number of carbonyl (C=O) groups excluding carboxylic acids is 1. The molecular weight excluding hydrogens is 254 g/mol. The van der Waals surface area contributed by atoms with Crippen LogP contribution in [0.1, 0.15) is 12.5 Å². The Morgan fingerprint density at radius 2 is 1.95 bits per heavy atom. The van der Waals surface area contributed by atoms with Gasteiger partial charge in [-0.1, -0.05) is 0 Å². The normalized spacial score (nSPS) is 14.8. The zero-order chi connectivity index (χ0) is 14.9. The molecule has 20 heavy (non-hydrogen) atoms. The van der Waals surface area contributed by atoms with Gasteiger partial charge in [0.25, 0.3) is 0 Å². The van der Waals surface area contributed by atoms with E-state index >= 15 is 0 Å². The van der Waals surface area contributed by atoms with Crippen molar-refractivity contribution in [3.63, 3.8) is 0 Å². The van der Waals surface area contributed by atoms with Gasteiger partial charge < -0.3 is 21.2 Å². The number of nitrogens with two attached hydrogens (primary N) is 1. The summed E-state index contributed by atoms with van der Waals surface area (Å²) in [5.41, 5.74) is 9.32. The lowest BCUT2D eigenvalue weighted by molar-refractivity contribution is -0.111. The van der Waals surface area contributed by atoms with E-state index in [9.17, 15) is 4.79 Å². The molecule has 4 N–H and O–H groups in total. The van der Waals surface area contributed by atoms with E-state index in [-0.39, 0.29) is 5.78 Å². The number of ether oxygens (including phenoxy) is 1. The number of benzene rings is 1. The van der Waals surface area contributed by atoms with Gasteiger partial charge in [0.1, 0.15) is 5.75 Å². The summed E-state index contributed by atoms with van der Waals surface area (Å²) in [6, 6.07) is 3.52. The van der Waals surface area contributed by atoms with E-state index in [1.807, 2.05) is 13.0 Å². The van der Waals surface area contributed by atoms with Crippen molar-refractivity contribution < 1.29 is 9.53 Å². The van der Waals surface area contributed by atoms with Gasteiger partial charge in [-0.05, 0) is 43.2 Å². The first-order chi connectivity index (χ1) is 9.42. The molecule has 0 aromatic heterocycles. The van der Waals surface area contributed by atoms with Crippen LogP contribution in [0.2, 0.25) is 0 Å². The second-order valence-corrected chi connectivity index (χ2v) is 4.70. The number of nitrogens with one attached hydrogen (secondary N) is 2. The van der Waals surface area contributed by atoms with E-state index in [0.717, 1.165) is 5.56 Å². The van der Waals surface area contributed by atoms with Gasteiger partial charge in [0, 0.05) is 11.8 Å². The standard InChI is InChI=1S/C15H17N3O2/c1-8-4-13(15(20-3)7-11(8)17)18-12-6-10(16)9(2)5-14(12)19/h4-7,16,18H,17H2,1-3H3. The fourth-order valence-corrected chi connectivity index (χ4v) is 1.89. The zero-order valence-corrected chi connectivity index (χ0v) is 11.7. The van der Waals surface area contributed by atoms with Gasteiger partial charge in [0.2, 0.25) is 5.78 Å².